The summed E-state index contributed by atoms with van der Waals surface area (Å²) in [6.07, 6.45) is 21.8. The van der Waals surface area contributed by atoms with Gasteiger partial charge in [0.1, 0.15) is 0 Å². The van der Waals surface area contributed by atoms with Gasteiger partial charge in [-0.1, -0.05) is 71.4 Å². The lowest BCUT2D eigenvalue weighted by molar-refractivity contribution is -0.216. The Hall–Kier alpha value is -1.87. The summed E-state index contributed by atoms with van der Waals surface area (Å²) >= 11 is 0. The van der Waals surface area contributed by atoms with Crippen LogP contribution in [0.5, 0.6) is 0 Å². The van der Waals surface area contributed by atoms with Gasteiger partial charge in [0.05, 0.1) is 12.2 Å². The summed E-state index contributed by atoms with van der Waals surface area (Å²) in [5, 5.41) is 0. The van der Waals surface area contributed by atoms with Crippen molar-refractivity contribution in [3.05, 3.63) is 59.2 Å². The fourth-order valence-corrected chi connectivity index (χ4v) is 12.9. The zero-order valence-corrected chi connectivity index (χ0v) is 27.7. The van der Waals surface area contributed by atoms with Crippen LogP contribution < -0.4 is 5.73 Å². The molecule has 0 bridgehead atoms. The lowest BCUT2D eigenvalue weighted by Crippen LogP contribution is -2.66. The van der Waals surface area contributed by atoms with Crippen LogP contribution in [0.2, 0.25) is 0 Å². The summed E-state index contributed by atoms with van der Waals surface area (Å²) in [6, 6.07) is 9.39. The number of hydrogen-bond acceptors (Lipinski definition) is 3. The molecular formula is C40H57NO2. The lowest BCUT2D eigenvalue weighted by Gasteiger charge is -2.72. The SMILES string of the molecule is CC1(C)C(C2=CCC(COC(=O)c3ccccc3)CC2)=CCC2(C)C1CCC1(C)C2CCC2C3CCC[C@]3(N)CC[C@]21C. The average Bonchev–Trinajstić information content (AvgIpc) is 3.38. The molecule has 0 aliphatic heterocycles. The van der Waals surface area contributed by atoms with Gasteiger partial charge in [0.15, 0.2) is 0 Å². The molecule has 1 aromatic rings. The van der Waals surface area contributed by atoms with Crippen molar-refractivity contribution in [1.82, 2.24) is 0 Å². The number of esters is 1. The van der Waals surface area contributed by atoms with Gasteiger partial charge in [0.2, 0.25) is 0 Å². The third-order valence-corrected chi connectivity index (χ3v) is 15.3. The van der Waals surface area contributed by atoms with Gasteiger partial charge in [-0.05, 0) is 152 Å². The molecule has 0 aromatic heterocycles. The van der Waals surface area contributed by atoms with E-state index in [1.807, 2.05) is 30.3 Å². The molecule has 9 atom stereocenters. The number of carbonyl (C=O) groups excluding carboxylic acids is 1. The Morgan fingerprint density at radius 3 is 2.37 bits per heavy atom. The number of allylic oxidation sites excluding steroid dienone is 4. The molecule has 0 radical (unpaired) electrons. The molecule has 43 heavy (non-hydrogen) atoms. The quantitative estimate of drug-likeness (QED) is 0.359. The van der Waals surface area contributed by atoms with Crippen molar-refractivity contribution >= 4 is 5.97 Å². The van der Waals surface area contributed by atoms with E-state index < -0.39 is 0 Å². The van der Waals surface area contributed by atoms with Crippen molar-refractivity contribution in [3.8, 4) is 0 Å². The Labute approximate surface area is 261 Å². The van der Waals surface area contributed by atoms with Crippen LogP contribution in [0.15, 0.2) is 53.6 Å². The first-order valence-electron chi connectivity index (χ1n) is 17.8. The number of nitrogens with two attached hydrogens (primary N) is 1. The summed E-state index contributed by atoms with van der Waals surface area (Å²) < 4.78 is 5.72. The fraction of sp³-hybridized carbons (Fsp3) is 0.725. The molecule has 6 aliphatic rings. The molecule has 2 N–H and O–H groups in total. The smallest absolute Gasteiger partial charge is 0.338 e. The monoisotopic (exact) mass is 583 g/mol. The largest absolute Gasteiger partial charge is 0.462 e. The predicted molar refractivity (Wildman–Crippen MR) is 175 cm³/mol. The first-order valence-corrected chi connectivity index (χ1v) is 17.8. The molecule has 234 valence electrons. The van der Waals surface area contributed by atoms with Crippen molar-refractivity contribution in [2.24, 2.45) is 57.0 Å². The van der Waals surface area contributed by atoms with E-state index in [9.17, 15) is 4.79 Å². The van der Waals surface area contributed by atoms with Crippen molar-refractivity contribution in [2.75, 3.05) is 6.61 Å². The highest BCUT2D eigenvalue weighted by molar-refractivity contribution is 5.89. The zero-order chi connectivity index (χ0) is 30.3. The molecule has 0 amide bonds. The van der Waals surface area contributed by atoms with Gasteiger partial charge in [-0.2, -0.15) is 0 Å². The molecule has 7 unspecified atom stereocenters. The van der Waals surface area contributed by atoms with E-state index in [0.29, 0.717) is 34.3 Å². The molecule has 7 rings (SSSR count). The highest BCUT2D eigenvalue weighted by Crippen LogP contribution is 2.75. The number of benzene rings is 1. The first-order chi connectivity index (χ1) is 20.4. The Kier molecular flexibility index (Phi) is 7.16. The molecule has 4 saturated carbocycles. The Morgan fingerprint density at radius 2 is 1.63 bits per heavy atom. The van der Waals surface area contributed by atoms with E-state index >= 15 is 0 Å². The van der Waals surface area contributed by atoms with Gasteiger partial charge < -0.3 is 10.5 Å². The zero-order valence-electron chi connectivity index (χ0n) is 27.7. The molecule has 1 aromatic carbocycles. The van der Waals surface area contributed by atoms with Crippen molar-refractivity contribution < 1.29 is 9.53 Å². The maximum absolute atomic E-state index is 12.5. The summed E-state index contributed by atoms with van der Waals surface area (Å²) in [7, 11) is 0. The minimum atomic E-state index is -0.197. The molecule has 3 nitrogen and oxygen atoms in total. The van der Waals surface area contributed by atoms with E-state index in [1.54, 1.807) is 11.1 Å². The second-order valence-electron chi connectivity index (χ2n) is 17.3. The van der Waals surface area contributed by atoms with Crippen LogP contribution in [0.1, 0.15) is 128 Å². The third-order valence-electron chi connectivity index (χ3n) is 15.3. The summed E-state index contributed by atoms with van der Waals surface area (Å²) in [5.74, 6) is 3.33. The molecule has 3 heteroatoms. The number of ether oxygens (including phenoxy) is 1. The number of rotatable bonds is 4. The Balaban J connectivity index is 1.08. The lowest BCUT2D eigenvalue weighted by atomic mass is 9.33. The molecular weight excluding hydrogens is 526 g/mol. The van der Waals surface area contributed by atoms with Crippen LogP contribution in [0.3, 0.4) is 0 Å². The maximum atomic E-state index is 12.5. The number of fused-ring (bicyclic) bond motifs is 7. The fourth-order valence-electron chi connectivity index (χ4n) is 12.9. The van der Waals surface area contributed by atoms with E-state index in [2.05, 4.69) is 46.8 Å². The Bertz CT molecular complexity index is 1310. The van der Waals surface area contributed by atoms with Crippen molar-refractivity contribution in [3.63, 3.8) is 0 Å². The molecule has 0 spiro atoms. The predicted octanol–water partition coefficient (Wildman–Crippen LogP) is 9.67. The van der Waals surface area contributed by atoms with Crippen LogP contribution in [0, 0.1) is 51.2 Å². The van der Waals surface area contributed by atoms with Crippen molar-refractivity contribution in [1.29, 1.82) is 0 Å². The maximum Gasteiger partial charge on any atom is 0.338 e. The van der Waals surface area contributed by atoms with Gasteiger partial charge in [-0.25, -0.2) is 4.79 Å². The summed E-state index contributed by atoms with van der Waals surface area (Å²) in [4.78, 5) is 12.5. The average molecular weight is 584 g/mol. The third kappa shape index (κ3) is 4.40. The topological polar surface area (TPSA) is 52.3 Å². The molecule has 0 saturated heterocycles. The second kappa shape index (κ2) is 10.3. The molecule has 0 heterocycles. The molecule has 6 aliphatic carbocycles. The first kappa shape index (κ1) is 29.8. The van der Waals surface area contributed by atoms with Gasteiger partial charge in [0, 0.05) is 5.54 Å². The van der Waals surface area contributed by atoms with Crippen molar-refractivity contribution in [2.45, 2.75) is 124 Å². The minimum Gasteiger partial charge on any atom is -0.462 e. The van der Waals surface area contributed by atoms with Gasteiger partial charge in [0.25, 0.3) is 0 Å². The number of carbonyl (C=O) groups is 1. The minimum absolute atomic E-state index is 0.134. The standard InChI is InChI=1S/C40H57NO2/c1-36(2)30(28-15-13-27(14-16-28)26-43-35(42)29-10-7-6-8-11-29)19-22-37(3)33(36)20-23-39(5)34(37)18-17-31-32-12-9-21-40(32,41)25-24-38(31,39)4/h6-8,10-11,15,19,27,31-34H,9,12-14,16-18,20-26,41H2,1-5H3/t27?,31?,32?,33?,34?,37?,38-,39?,40+/m1/s1. The van der Waals surface area contributed by atoms with E-state index in [1.165, 1.54) is 64.2 Å². The molecule has 4 fully saturated rings. The van der Waals surface area contributed by atoms with Gasteiger partial charge >= 0.3 is 5.97 Å². The highest BCUT2D eigenvalue weighted by atomic mass is 16.5. The van der Waals surface area contributed by atoms with Crippen LogP contribution >= 0.6 is 0 Å². The van der Waals surface area contributed by atoms with Gasteiger partial charge in [-0.15, -0.1) is 0 Å². The van der Waals surface area contributed by atoms with E-state index in [4.69, 9.17) is 10.5 Å². The van der Waals surface area contributed by atoms with E-state index in [0.717, 1.165) is 42.9 Å². The number of hydrogen-bond donors (Lipinski definition) is 1. The normalized spacial score (nSPS) is 45.0. The van der Waals surface area contributed by atoms with Crippen LogP contribution in [0.4, 0.5) is 0 Å². The second-order valence-corrected chi connectivity index (χ2v) is 17.3. The highest BCUT2D eigenvalue weighted by Gasteiger charge is 2.69. The Morgan fingerprint density at radius 1 is 0.837 bits per heavy atom. The van der Waals surface area contributed by atoms with Crippen LogP contribution in [-0.4, -0.2) is 18.1 Å². The van der Waals surface area contributed by atoms with E-state index in [-0.39, 0.29) is 16.9 Å². The summed E-state index contributed by atoms with van der Waals surface area (Å²) in [5.41, 5.74) is 12.5. The van der Waals surface area contributed by atoms with Crippen LogP contribution in [-0.2, 0) is 4.74 Å². The summed E-state index contributed by atoms with van der Waals surface area (Å²) in [6.45, 7) is 13.8. The van der Waals surface area contributed by atoms with Crippen LogP contribution in [0.25, 0.3) is 0 Å². The van der Waals surface area contributed by atoms with Gasteiger partial charge in [-0.3, -0.25) is 0 Å².